The minimum absolute atomic E-state index is 0.119. The smallest absolute Gasteiger partial charge is 0.339 e. The average Bonchev–Trinajstić information content (AvgIpc) is 2.45. The molecule has 0 aliphatic rings. The molecular weight excluding hydrogens is 274 g/mol. The number of hydrogen-bond acceptors (Lipinski definition) is 6. The van der Waals surface area contributed by atoms with Crippen LogP contribution in [-0.4, -0.2) is 60.6 Å². The highest BCUT2D eigenvalue weighted by atomic mass is 16.5. The third-order valence-electron chi connectivity index (χ3n) is 2.90. The Balaban J connectivity index is 2.80. The normalized spacial score (nSPS) is 10.6. The van der Waals surface area contributed by atoms with E-state index in [2.05, 4.69) is 9.97 Å². The van der Waals surface area contributed by atoms with Gasteiger partial charge in [0.15, 0.2) is 0 Å². The highest BCUT2D eigenvalue weighted by Crippen LogP contribution is 2.11. The molecule has 0 bridgehead atoms. The van der Waals surface area contributed by atoms with Crippen LogP contribution in [0.5, 0.6) is 0 Å². The van der Waals surface area contributed by atoms with Crippen molar-refractivity contribution in [2.75, 3.05) is 44.4 Å². The molecule has 0 amide bonds. The summed E-state index contributed by atoms with van der Waals surface area (Å²) in [5.41, 5.74) is 0.568. The zero-order valence-corrected chi connectivity index (χ0v) is 12.8. The lowest BCUT2D eigenvalue weighted by molar-refractivity contribution is 0.0695. The Bertz CT molecular complexity index is 444. The predicted molar refractivity (Wildman–Crippen MR) is 78.9 cm³/mol. The van der Waals surface area contributed by atoms with E-state index in [0.29, 0.717) is 51.2 Å². The summed E-state index contributed by atoms with van der Waals surface area (Å²) in [5.74, 6) is -0.522. The number of nitrogens with zero attached hydrogens (tertiary/aromatic N) is 3. The van der Waals surface area contributed by atoms with Crippen LogP contribution in [0.3, 0.4) is 0 Å². The van der Waals surface area contributed by atoms with Crippen LogP contribution in [0.25, 0.3) is 0 Å². The molecule has 0 fully saturated rings. The summed E-state index contributed by atoms with van der Waals surface area (Å²) in [6.45, 7) is 9.23. The van der Waals surface area contributed by atoms with E-state index in [1.807, 2.05) is 18.7 Å². The molecule has 21 heavy (non-hydrogen) atoms. The number of aromatic nitrogens is 2. The molecule has 0 saturated carbocycles. The summed E-state index contributed by atoms with van der Waals surface area (Å²) in [4.78, 5) is 21.3. The molecule has 118 valence electrons. The number of rotatable bonds is 10. The van der Waals surface area contributed by atoms with E-state index in [1.165, 1.54) is 6.20 Å². The molecule has 0 unspecified atom stereocenters. The van der Waals surface area contributed by atoms with Gasteiger partial charge in [-0.25, -0.2) is 14.8 Å². The first-order valence-corrected chi connectivity index (χ1v) is 7.07. The van der Waals surface area contributed by atoms with Gasteiger partial charge in [0, 0.05) is 32.5 Å². The maximum atomic E-state index is 11.0. The van der Waals surface area contributed by atoms with Crippen LogP contribution in [0.4, 0.5) is 5.95 Å². The number of anilines is 1. The molecular formula is C14H23N3O4. The first kappa shape index (κ1) is 17.3. The van der Waals surface area contributed by atoms with Gasteiger partial charge >= 0.3 is 5.97 Å². The number of carboxylic acid groups (broad SMARTS) is 1. The van der Waals surface area contributed by atoms with Gasteiger partial charge in [-0.05, 0) is 20.8 Å². The Morgan fingerprint density at radius 1 is 1.24 bits per heavy atom. The first-order chi connectivity index (χ1) is 10.1. The van der Waals surface area contributed by atoms with Crippen molar-refractivity contribution in [3.8, 4) is 0 Å². The summed E-state index contributed by atoms with van der Waals surface area (Å²) in [6, 6.07) is 0. The number of hydrogen-bond donors (Lipinski definition) is 1. The van der Waals surface area contributed by atoms with Gasteiger partial charge in [0.25, 0.3) is 0 Å². The Morgan fingerprint density at radius 3 is 2.24 bits per heavy atom. The molecule has 1 heterocycles. The lowest BCUT2D eigenvalue weighted by atomic mass is 10.2. The number of aryl methyl sites for hydroxylation is 1. The van der Waals surface area contributed by atoms with Crippen LogP contribution in [0.1, 0.15) is 29.9 Å². The molecule has 1 aromatic rings. The number of ether oxygens (including phenoxy) is 2. The fourth-order valence-corrected chi connectivity index (χ4v) is 1.77. The molecule has 1 aromatic heterocycles. The Kier molecular flexibility index (Phi) is 7.63. The van der Waals surface area contributed by atoms with Crippen LogP contribution < -0.4 is 4.90 Å². The van der Waals surface area contributed by atoms with Gasteiger partial charge in [-0.2, -0.15) is 0 Å². The fraction of sp³-hybridized carbons (Fsp3) is 0.643. The van der Waals surface area contributed by atoms with Gasteiger partial charge in [0.2, 0.25) is 5.95 Å². The van der Waals surface area contributed by atoms with Crippen molar-refractivity contribution >= 4 is 11.9 Å². The number of aromatic carboxylic acids is 1. The van der Waals surface area contributed by atoms with Gasteiger partial charge < -0.3 is 19.5 Å². The first-order valence-electron chi connectivity index (χ1n) is 7.07. The van der Waals surface area contributed by atoms with Crippen molar-refractivity contribution in [3.05, 3.63) is 17.5 Å². The molecule has 0 aromatic carbocycles. The Hall–Kier alpha value is -1.73. The van der Waals surface area contributed by atoms with Crippen molar-refractivity contribution in [2.24, 2.45) is 0 Å². The molecule has 7 nitrogen and oxygen atoms in total. The van der Waals surface area contributed by atoms with Crippen LogP contribution in [0.2, 0.25) is 0 Å². The van der Waals surface area contributed by atoms with Crippen molar-refractivity contribution in [3.63, 3.8) is 0 Å². The van der Waals surface area contributed by atoms with E-state index in [0.717, 1.165) is 0 Å². The van der Waals surface area contributed by atoms with Gasteiger partial charge in [-0.3, -0.25) is 0 Å². The third-order valence-corrected chi connectivity index (χ3v) is 2.90. The highest BCUT2D eigenvalue weighted by Gasteiger charge is 2.14. The average molecular weight is 297 g/mol. The molecule has 0 aliphatic carbocycles. The lowest BCUT2D eigenvalue weighted by Gasteiger charge is -2.22. The van der Waals surface area contributed by atoms with E-state index >= 15 is 0 Å². The van der Waals surface area contributed by atoms with E-state index in [1.54, 1.807) is 6.92 Å². The second kappa shape index (κ2) is 9.25. The number of carboxylic acids is 1. The molecule has 0 saturated heterocycles. The Morgan fingerprint density at radius 2 is 1.81 bits per heavy atom. The zero-order chi connectivity index (χ0) is 15.7. The van der Waals surface area contributed by atoms with E-state index < -0.39 is 5.97 Å². The quantitative estimate of drug-likeness (QED) is 0.653. The second-order valence-corrected chi connectivity index (χ2v) is 4.36. The van der Waals surface area contributed by atoms with Crippen LogP contribution in [0.15, 0.2) is 6.20 Å². The molecule has 7 heteroatoms. The maximum Gasteiger partial charge on any atom is 0.339 e. The zero-order valence-electron chi connectivity index (χ0n) is 12.8. The molecule has 0 atom stereocenters. The third kappa shape index (κ3) is 5.65. The summed E-state index contributed by atoms with van der Waals surface area (Å²) in [7, 11) is 0. The van der Waals surface area contributed by atoms with Crippen molar-refractivity contribution in [1.29, 1.82) is 0 Å². The minimum atomic E-state index is -1.02. The summed E-state index contributed by atoms with van der Waals surface area (Å²) >= 11 is 0. The molecule has 0 radical (unpaired) electrons. The van der Waals surface area contributed by atoms with Crippen LogP contribution in [0, 0.1) is 6.92 Å². The van der Waals surface area contributed by atoms with E-state index in [-0.39, 0.29) is 5.56 Å². The monoisotopic (exact) mass is 297 g/mol. The largest absolute Gasteiger partial charge is 0.478 e. The fourth-order valence-electron chi connectivity index (χ4n) is 1.77. The highest BCUT2D eigenvalue weighted by molar-refractivity contribution is 5.88. The van der Waals surface area contributed by atoms with Crippen LogP contribution >= 0.6 is 0 Å². The molecule has 1 N–H and O–H groups in total. The molecule has 0 spiro atoms. The second-order valence-electron chi connectivity index (χ2n) is 4.36. The Labute approximate surface area is 124 Å². The standard InChI is InChI=1S/C14H23N3O4/c1-4-20-8-6-17(7-9-21-5-2)14-15-10-12(13(18)19)11(3)16-14/h10H,4-9H2,1-3H3,(H,18,19). The van der Waals surface area contributed by atoms with Gasteiger partial charge in [0.1, 0.15) is 0 Å². The summed E-state index contributed by atoms with van der Waals surface area (Å²) < 4.78 is 10.7. The number of carbonyl (C=O) groups is 1. The van der Waals surface area contributed by atoms with Crippen molar-refractivity contribution < 1.29 is 19.4 Å². The minimum Gasteiger partial charge on any atom is -0.478 e. The SMILES string of the molecule is CCOCCN(CCOCC)c1ncc(C(=O)O)c(C)n1. The maximum absolute atomic E-state index is 11.0. The van der Waals surface area contributed by atoms with E-state index in [9.17, 15) is 4.79 Å². The van der Waals surface area contributed by atoms with Crippen molar-refractivity contribution in [1.82, 2.24) is 9.97 Å². The molecule has 0 aliphatic heterocycles. The lowest BCUT2D eigenvalue weighted by Crippen LogP contribution is -2.33. The topological polar surface area (TPSA) is 84.8 Å². The van der Waals surface area contributed by atoms with Crippen molar-refractivity contribution in [2.45, 2.75) is 20.8 Å². The van der Waals surface area contributed by atoms with Crippen LogP contribution in [-0.2, 0) is 9.47 Å². The van der Waals surface area contributed by atoms with E-state index in [4.69, 9.17) is 14.6 Å². The van der Waals surface area contributed by atoms with Gasteiger partial charge in [-0.1, -0.05) is 0 Å². The van der Waals surface area contributed by atoms with Gasteiger partial charge in [0.05, 0.1) is 24.5 Å². The predicted octanol–water partition coefficient (Wildman–Crippen LogP) is 1.36. The summed E-state index contributed by atoms with van der Waals surface area (Å²) in [5, 5.41) is 9.01. The molecule has 1 rings (SSSR count). The summed E-state index contributed by atoms with van der Waals surface area (Å²) in [6.07, 6.45) is 1.34. The van der Waals surface area contributed by atoms with Gasteiger partial charge in [-0.15, -0.1) is 0 Å².